The van der Waals surface area contributed by atoms with Gasteiger partial charge in [-0.3, -0.25) is 9.48 Å². The summed E-state index contributed by atoms with van der Waals surface area (Å²) in [6.07, 6.45) is 3.68. The van der Waals surface area contributed by atoms with Crippen LogP contribution in [0.25, 0.3) is 11.4 Å². The molecule has 22 heavy (non-hydrogen) atoms. The minimum absolute atomic E-state index is 0.0386. The summed E-state index contributed by atoms with van der Waals surface area (Å²) in [5, 5.41) is 4.31. The molecular formula is C16H19ClN4O. The Labute approximate surface area is 134 Å². The normalized spacial score (nSPS) is 16.0. The van der Waals surface area contributed by atoms with Gasteiger partial charge in [0.1, 0.15) is 12.2 Å². The highest BCUT2D eigenvalue weighted by Gasteiger charge is 2.23. The Balaban J connectivity index is 1.65. The number of alkyl halides is 1. The number of carbonyl (C=O) groups excluding carboxylic acids is 1. The van der Waals surface area contributed by atoms with Crippen molar-refractivity contribution in [2.75, 3.05) is 19.0 Å². The third-order valence-corrected chi connectivity index (χ3v) is 4.43. The third kappa shape index (κ3) is 3.14. The van der Waals surface area contributed by atoms with Gasteiger partial charge >= 0.3 is 0 Å². The number of amides is 1. The average Bonchev–Trinajstić information content (AvgIpc) is 3.01. The van der Waals surface area contributed by atoms with Crippen LogP contribution in [0.4, 0.5) is 0 Å². The Morgan fingerprint density at radius 1 is 1.27 bits per heavy atom. The molecule has 1 amide bonds. The molecule has 0 bridgehead atoms. The maximum absolute atomic E-state index is 11.6. The van der Waals surface area contributed by atoms with E-state index in [4.69, 9.17) is 11.6 Å². The van der Waals surface area contributed by atoms with E-state index in [1.54, 1.807) is 11.0 Å². The zero-order valence-corrected chi connectivity index (χ0v) is 13.3. The first-order valence-electron chi connectivity index (χ1n) is 7.47. The summed E-state index contributed by atoms with van der Waals surface area (Å²) in [6.45, 7) is 1.58. The van der Waals surface area contributed by atoms with Crippen molar-refractivity contribution >= 4 is 17.5 Å². The average molecular weight is 319 g/mol. The second-order valence-corrected chi connectivity index (χ2v) is 5.92. The standard InChI is InChI=1S/C16H19ClN4O/c1-20-11-18-16(19-20)14-4-2-12(3-5-14)13-6-8-21(9-7-13)15(22)10-17/h2-5,11,13H,6-10H2,1H3. The molecule has 0 spiro atoms. The molecular weight excluding hydrogens is 300 g/mol. The van der Waals surface area contributed by atoms with Crippen molar-refractivity contribution in [3.8, 4) is 11.4 Å². The van der Waals surface area contributed by atoms with Crippen molar-refractivity contribution in [2.24, 2.45) is 7.05 Å². The molecule has 0 radical (unpaired) electrons. The lowest BCUT2D eigenvalue weighted by Crippen LogP contribution is -2.38. The molecule has 1 aliphatic heterocycles. The van der Waals surface area contributed by atoms with Crippen LogP contribution >= 0.6 is 11.6 Å². The van der Waals surface area contributed by atoms with E-state index in [0.29, 0.717) is 5.92 Å². The SMILES string of the molecule is Cn1cnc(-c2ccc(C3CCN(C(=O)CCl)CC3)cc2)n1. The molecule has 6 heteroatoms. The van der Waals surface area contributed by atoms with Gasteiger partial charge in [0.2, 0.25) is 5.91 Å². The molecule has 1 aromatic heterocycles. The number of hydrogen-bond acceptors (Lipinski definition) is 3. The van der Waals surface area contributed by atoms with Crippen LogP contribution in [0.5, 0.6) is 0 Å². The summed E-state index contributed by atoms with van der Waals surface area (Å²) in [4.78, 5) is 17.7. The summed E-state index contributed by atoms with van der Waals surface area (Å²) in [7, 11) is 1.86. The number of aryl methyl sites for hydroxylation is 1. The Hall–Kier alpha value is -1.88. The van der Waals surface area contributed by atoms with Gasteiger partial charge in [-0.2, -0.15) is 5.10 Å². The van der Waals surface area contributed by atoms with Crippen LogP contribution < -0.4 is 0 Å². The predicted molar refractivity (Wildman–Crippen MR) is 85.7 cm³/mol. The number of aromatic nitrogens is 3. The van der Waals surface area contributed by atoms with Crippen LogP contribution in [0, 0.1) is 0 Å². The highest BCUT2D eigenvalue weighted by atomic mass is 35.5. The number of nitrogens with zero attached hydrogens (tertiary/aromatic N) is 4. The number of hydrogen-bond donors (Lipinski definition) is 0. The molecule has 1 saturated heterocycles. The number of benzene rings is 1. The summed E-state index contributed by atoms with van der Waals surface area (Å²) < 4.78 is 1.70. The second kappa shape index (κ2) is 6.48. The first-order chi connectivity index (χ1) is 10.7. The van der Waals surface area contributed by atoms with Gasteiger partial charge in [-0.15, -0.1) is 11.6 Å². The molecule has 0 unspecified atom stereocenters. The Bertz CT molecular complexity index is 644. The van der Waals surface area contributed by atoms with Crippen molar-refractivity contribution in [1.29, 1.82) is 0 Å². The minimum Gasteiger partial charge on any atom is -0.342 e. The van der Waals surface area contributed by atoms with Crippen LogP contribution in [-0.2, 0) is 11.8 Å². The molecule has 0 atom stereocenters. The highest BCUT2D eigenvalue weighted by Crippen LogP contribution is 2.29. The zero-order chi connectivity index (χ0) is 15.5. The van der Waals surface area contributed by atoms with Crippen molar-refractivity contribution in [2.45, 2.75) is 18.8 Å². The summed E-state index contributed by atoms with van der Waals surface area (Å²) in [5.41, 5.74) is 2.34. The number of piperidine rings is 1. The number of likely N-dealkylation sites (tertiary alicyclic amines) is 1. The van der Waals surface area contributed by atoms with Crippen molar-refractivity contribution in [1.82, 2.24) is 19.7 Å². The van der Waals surface area contributed by atoms with E-state index in [2.05, 4.69) is 34.3 Å². The lowest BCUT2D eigenvalue weighted by atomic mass is 9.89. The fourth-order valence-corrected chi connectivity index (χ4v) is 3.09. The maximum atomic E-state index is 11.6. The lowest BCUT2D eigenvalue weighted by Gasteiger charge is -2.31. The first-order valence-corrected chi connectivity index (χ1v) is 8.00. The van der Waals surface area contributed by atoms with Gasteiger partial charge in [-0.05, 0) is 24.3 Å². The zero-order valence-electron chi connectivity index (χ0n) is 12.6. The van der Waals surface area contributed by atoms with E-state index in [-0.39, 0.29) is 11.8 Å². The first kappa shape index (κ1) is 15.0. The topological polar surface area (TPSA) is 51.0 Å². The van der Waals surface area contributed by atoms with E-state index in [1.807, 2.05) is 11.9 Å². The molecule has 3 rings (SSSR count). The molecule has 1 fully saturated rings. The number of rotatable bonds is 3. The molecule has 0 N–H and O–H groups in total. The molecule has 5 nitrogen and oxygen atoms in total. The van der Waals surface area contributed by atoms with Gasteiger partial charge in [0, 0.05) is 25.7 Å². The van der Waals surface area contributed by atoms with Crippen LogP contribution in [-0.4, -0.2) is 44.5 Å². The van der Waals surface area contributed by atoms with Crippen molar-refractivity contribution < 1.29 is 4.79 Å². The van der Waals surface area contributed by atoms with E-state index < -0.39 is 0 Å². The number of carbonyl (C=O) groups is 1. The summed E-state index contributed by atoms with van der Waals surface area (Å²) in [5.74, 6) is 1.37. The quantitative estimate of drug-likeness (QED) is 0.817. The van der Waals surface area contributed by atoms with Crippen molar-refractivity contribution in [3.63, 3.8) is 0 Å². The van der Waals surface area contributed by atoms with E-state index >= 15 is 0 Å². The van der Waals surface area contributed by atoms with Crippen LogP contribution in [0.3, 0.4) is 0 Å². The van der Waals surface area contributed by atoms with E-state index in [1.165, 1.54) is 5.56 Å². The predicted octanol–water partition coefficient (Wildman–Crippen LogP) is 2.43. The van der Waals surface area contributed by atoms with Crippen LogP contribution in [0.15, 0.2) is 30.6 Å². The van der Waals surface area contributed by atoms with Gasteiger partial charge < -0.3 is 4.90 Å². The van der Waals surface area contributed by atoms with Gasteiger partial charge in [0.15, 0.2) is 5.82 Å². The largest absolute Gasteiger partial charge is 0.342 e. The fourth-order valence-electron chi connectivity index (χ4n) is 2.92. The molecule has 2 aromatic rings. The summed E-state index contributed by atoms with van der Waals surface area (Å²) in [6, 6.07) is 8.44. The monoisotopic (exact) mass is 318 g/mol. The Morgan fingerprint density at radius 2 is 1.95 bits per heavy atom. The Kier molecular flexibility index (Phi) is 4.43. The van der Waals surface area contributed by atoms with Crippen LogP contribution in [0.2, 0.25) is 0 Å². The smallest absolute Gasteiger partial charge is 0.237 e. The molecule has 0 saturated carbocycles. The van der Waals surface area contributed by atoms with Gasteiger partial charge in [0.05, 0.1) is 0 Å². The fraction of sp³-hybridized carbons (Fsp3) is 0.438. The van der Waals surface area contributed by atoms with Gasteiger partial charge in [0.25, 0.3) is 0 Å². The molecule has 116 valence electrons. The molecule has 2 heterocycles. The molecule has 0 aliphatic carbocycles. The maximum Gasteiger partial charge on any atom is 0.237 e. The van der Waals surface area contributed by atoms with Crippen LogP contribution in [0.1, 0.15) is 24.3 Å². The van der Waals surface area contributed by atoms with Crippen molar-refractivity contribution in [3.05, 3.63) is 36.2 Å². The molecule has 1 aromatic carbocycles. The second-order valence-electron chi connectivity index (χ2n) is 5.65. The molecule has 1 aliphatic rings. The van der Waals surface area contributed by atoms with Gasteiger partial charge in [-0.1, -0.05) is 24.3 Å². The Morgan fingerprint density at radius 3 is 2.50 bits per heavy atom. The minimum atomic E-state index is 0.0386. The van der Waals surface area contributed by atoms with E-state index in [9.17, 15) is 4.79 Å². The highest BCUT2D eigenvalue weighted by molar-refractivity contribution is 6.27. The number of halogens is 1. The van der Waals surface area contributed by atoms with Gasteiger partial charge in [-0.25, -0.2) is 4.98 Å². The third-order valence-electron chi connectivity index (χ3n) is 4.20. The lowest BCUT2D eigenvalue weighted by molar-refractivity contribution is -0.129. The summed E-state index contributed by atoms with van der Waals surface area (Å²) >= 11 is 5.61. The van der Waals surface area contributed by atoms with E-state index in [0.717, 1.165) is 37.3 Å².